The number of nitrogens with zero attached hydrogens (tertiary/aromatic N) is 3. The Bertz CT molecular complexity index is 954. The van der Waals surface area contributed by atoms with Crippen LogP contribution in [0.4, 0.5) is 0 Å². The van der Waals surface area contributed by atoms with E-state index in [4.69, 9.17) is 9.72 Å². The van der Waals surface area contributed by atoms with E-state index in [1.165, 1.54) is 0 Å². The predicted octanol–water partition coefficient (Wildman–Crippen LogP) is 4.52. The van der Waals surface area contributed by atoms with Crippen LogP contribution < -0.4 is 4.74 Å². The summed E-state index contributed by atoms with van der Waals surface area (Å²) in [4.78, 5) is 21.8. The van der Waals surface area contributed by atoms with E-state index in [0.717, 1.165) is 60.3 Å². The van der Waals surface area contributed by atoms with Gasteiger partial charge < -0.3 is 9.64 Å². The summed E-state index contributed by atoms with van der Waals surface area (Å²) in [5.41, 5.74) is 3.23. The van der Waals surface area contributed by atoms with E-state index in [1.54, 1.807) is 11.3 Å². The summed E-state index contributed by atoms with van der Waals surface area (Å²) >= 11 is 1.71. The van der Waals surface area contributed by atoms with Crippen molar-refractivity contribution in [1.82, 2.24) is 14.8 Å². The number of rotatable bonds is 7. The smallest absolute Gasteiger partial charge is 0.227 e. The topological polar surface area (TPSA) is 45.7 Å². The normalized spacial score (nSPS) is 14.2. The fourth-order valence-electron chi connectivity index (χ4n) is 3.63. The molecule has 31 heavy (non-hydrogen) atoms. The zero-order valence-corrected chi connectivity index (χ0v) is 19.3. The fourth-order valence-corrected chi connectivity index (χ4v) is 4.47. The van der Waals surface area contributed by atoms with Crippen LogP contribution in [-0.4, -0.2) is 53.5 Å². The Labute approximate surface area is 194 Å². The quantitative estimate of drug-likeness (QED) is 0.523. The molecule has 1 fully saturated rings. The van der Waals surface area contributed by atoms with Crippen LogP contribution in [0.1, 0.15) is 17.5 Å². The van der Waals surface area contributed by atoms with Crippen LogP contribution in [0, 0.1) is 0 Å². The number of benzene rings is 2. The molecule has 1 aliphatic heterocycles. The number of halogens is 1. The van der Waals surface area contributed by atoms with Crippen molar-refractivity contribution >= 4 is 29.7 Å². The molecule has 0 aliphatic carbocycles. The largest absolute Gasteiger partial charge is 0.494 e. The molecule has 1 aliphatic rings. The zero-order valence-electron chi connectivity index (χ0n) is 17.7. The molecule has 1 saturated heterocycles. The highest BCUT2D eigenvalue weighted by atomic mass is 35.5. The number of carbonyl (C=O) groups is 1. The summed E-state index contributed by atoms with van der Waals surface area (Å²) in [7, 11) is 0. The SMILES string of the molecule is CCOc1ccc(CC(=O)N2CCN(Cc3nc(-c4ccccc4)cs3)CC2)cc1.Cl. The van der Waals surface area contributed by atoms with Crippen LogP contribution in [0.3, 0.4) is 0 Å². The second-order valence-electron chi connectivity index (χ2n) is 7.40. The van der Waals surface area contributed by atoms with Crippen LogP contribution >= 0.6 is 23.7 Å². The Morgan fingerprint density at radius 1 is 1.03 bits per heavy atom. The first kappa shape index (κ1) is 23.3. The van der Waals surface area contributed by atoms with Gasteiger partial charge in [0, 0.05) is 37.1 Å². The third-order valence-electron chi connectivity index (χ3n) is 5.29. The van der Waals surface area contributed by atoms with Crippen LogP contribution in [0.15, 0.2) is 60.0 Å². The Morgan fingerprint density at radius 3 is 2.42 bits per heavy atom. The van der Waals surface area contributed by atoms with Crippen LogP contribution in [0.5, 0.6) is 5.75 Å². The van der Waals surface area contributed by atoms with Crippen LogP contribution in [-0.2, 0) is 17.8 Å². The van der Waals surface area contributed by atoms with Crippen molar-refractivity contribution in [2.24, 2.45) is 0 Å². The molecule has 0 spiro atoms. The maximum Gasteiger partial charge on any atom is 0.227 e. The van der Waals surface area contributed by atoms with Gasteiger partial charge in [-0.15, -0.1) is 23.7 Å². The molecule has 4 rings (SSSR count). The van der Waals surface area contributed by atoms with Gasteiger partial charge in [0.1, 0.15) is 10.8 Å². The minimum Gasteiger partial charge on any atom is -0.494 e. The van der Waals surface area contributed by atoms with Gasteiger partial charge in [0.25, 0.3) is 0 Å². The second-order valence-corrected chi connectivity index (χ2v) is 8.35. The molecule has 0 radical (unpaired) electrons. The Balaban J connectivity index is 0.00000272. The molecule has 0 atom stereocenters. The molecule has 7 heteroatoms. The number of aromatic nitrogens is 1. The van der Waals surface area contributed by atoms with E-state index >= 15 is 0 Å². The summed E-state index contributed by atoms with van der Waals surface area (Å²) in [6.45, 7) is 6.77. The molecule has 2 aromatic carbocycles. The van der Waals surface area contributed by atoms with Gasteiger partial charge in [0.15, 0.2) is 0 Å². The van der Waals surface area contributed by atoms with Crippen LogP contribution in [0.2, 0.25) is 0 Å². The molecule has 164 valence electrons. The standard InChI is InChI=1S/C24H27N3O2S.ClH/c1-2-29-21-10-8-19(9-11-21)16-24(28)27-14-12-26(13-15-27)17-23-25-22(18-30-23)20-6-4-3-5-7-20;/h3-11,18H,2,12-17H2,1H3;1H. The minimum absolute atomic E-state index is 0. The highest BCUT2D eigenvalue weighted by molar-refractivity contribution is 7.09. The summed E-state index contributed by atoms with van der Waals surface area (Å²) in [5, 5.41) is 3.25. The molecule has 0 unspecified atom stereocenters. The molecule has 2 heterocycles. The molecule has 0 N–H and O–H groups in total. The molecular weight excluding hydrogens is 430 g/mol. The van der Waals surface area contributed by atoms with Crippen molar-refractivity contribution in [3.8, 4) is 17.0 Å². The van der Waals surface area contributed by atoms with Gasteiger partial charge >= 0.3 is 0 Å². The molecule has 3 aromatic rings. The summed E-state index contributed by atoms with van der Waals surface area (Å²) < 4.78 is 5.46. The third-order valence-corrected chi connectivity index (χ3v) is 6.13. The average Bonchev–Trinajstić information content (AvgIpc) is 3.25. The highest BCUT2D eigenvalue weighted by Gasteiger charge is 2.22. The lowest BCUT2D eigenvalue weighted by Crippen LogP contribution is -2.48. The van der Waals surface area contributed by atoms with E-state index in [9.17, 15) is 4.79 Å². The first-order valence-corrected chi connectivity index (χ1v) is 11.3. The van der Waals surface area contributed by atoms with Gasteiger partial charge in [-0.3, -0.25) is 9.69 Å². The van der Waals surface area contributed by atoms with Gasteiger partial charge in [0.05, 0.1) is 25.3 Å². The van der Waals surface area contributed by atoms with Crippen molar-refractivity contribution < 1.29 is 9.53 Å². The Morgan fingerprint density at radius 2 is 1.74 bits per heavy atom. The van der Waals surface area contributed by atoms with Crippen molar-refractivity contribution in [1.29, 1.82) is 0 Å². The fraction of sp³-hybridized carbons (Fsp3) is 0.333. The van der Waals surface area contributed by atoms with Gasteiger partial charge in [-0.05, 0) is 24.6 Å². The third kappa shape index (κ3) is 6.29. The molecule has 5 nitrogen and oxygen atoms in total. The molecule has 0 saturated carbocycles. The van der Waals surface area contributed by atoms with Crippen LogP contribution in [0.25, 0.3) is 11.3 Å². The summed E-state index contributed by atoms with van der Waals surface area (Å²) in [5.74, 6) is 1.04. The van der Waals surface area contributed by atoms with Gasteiger partial charge in [-0.25, -0.2) is 4.98 Å². The lowest BCUT2D eigenvalue weighted by atomic mass is 10.1. The summed E-state index contributed by atoms with van der Waals surface area (Å²) in [6, 6.07) is 18.1. The lowest BCUT2D eigenvalue weighted by molar-refractivity contribution is -0.132. The number of hydrogen-bond acceptors (Lipinski definition) is 5. The number of amides is 1. The number of hydrogen-bond donors (Lipinski definition) is 0. The maximum atomic E-state index is 12.7. The first-order chi connectivity index (χ1) is 14.7. The average molecular weight is 458 g/mol. The maximum absolute atomic E-state index is 12.7. The van der Waals surface area contributed by atoms with Crippen molar-refractivity contribution in [3.05, 3.63) is 70.5 Å². The van der Waals surface area contributed by atoms with Crippen molar-refractivity contribution in [3.63, 3.8) is 0 Å². The number of thiazole rings is 1. The summed E-state index contributed by atoms with van der Waals surface area (Å²) in [6.07, 6.45) is 0.444. The zero-order chi connectivity index (χ0) is 20.8. The number of ether oxygens (including phenoxy) is 1. The van der Waals surface area contributed by atoms with Gasteiger partial charge in [-0.2, -0.15) is 0 Å². The Hall–Kier alpha value is -2.41. The minimum atomic E-state index is 0. The lowest BCUT2D eigenvalue weighted by Gasteiger charge is -2.34. The molecule has 1 amide bonds. The second kappa shape index (κ2) is 11.3. The van der Waals surface area contributed by atoms with Crippen molar-refractivity contribution in [2.45, 2.75) is 19.9 Å². The van der Waals surface area contributed by atoms with E-state index < -0.39 is 0 Å². The molecule has 0 bridgehead atoms. The molecule has 1 aromatic heterocycles. The first-order valence-electron chi connectivity index (χ1n) is 10.4. The highest BCUT2D eigenvalue weighted by Crippen LogP contribution is 2.23. The van der Waals surface area contributed by atoms with Crippen molar-refractivity contribution in [2.75, 3.05) is 32.8 Å². The number of piperazine rings is 1. The predicted molar refractivity (Wildman–Crippen MR) is 128 cm³/mol. The van der Waals surface area contributed by atoms with E-state index in [2.05, 4.69) is 22.4 Å². The van der Waals surface area contributed by atoms with Gasteiger partial charge in [0.2, 0.25) is 5.91 Å². The molecular formula is C24H28ClN3O2S. The van der Waals surface area contributed by atoms with Gasteiger partial charge in [-0.1, -0.05) is 42.5 Å². The monoisotopic (exact) mass is 457 g/mol. The van der Waals surface area contributed by atoms with E-state index in [0.29, 0.717) is 13.0 Å². The van der Waals surface area contributed by atoms with E-state index in [-0.39, 0.29) is 18.3 Å². The number of carbonyl (C=O) groups excluding carboxylic acids is 1. The van der Waals surface area contributed by atoms with E-state index in [1.807, 2.05) is 54.3 Å². The Kier molecular flexibility index (Phi) is 8.46.